The van der Waals surface area contributed by atoms with Gasteiger partial charge in [0.15, 0.2) is 0 Å². The van der Waals surface area contributed by atoms with Crippen LogP contribution in [0.4, 0.5) is 4.79 Å². The number of carbonyl (C=O) groups is 2. The van der Waals surface area contributed by atoms with Gasteiger partial charge in [-0.3, -0.25) is 14.9 Å². The Labute approximate surface area is 222 Å². The van der Waals surface area contributed by atoms with Gasteiger partial charge in [0.25, 0.3) is 5.24 Å². The van der Waals surface area contributed by atoms with E-state index in [4.69, 9.17) is 9.47 Å². The van der Waals surface area contributed by atoms with E-state index in [0.29, 0.717) is 12.2 Å². The fourth-order valence-corrected chi connectivity index (χ4v) is 6.64. The maximum atomic E-state index is 11.9. The van der Waals surface area contributed by atoms with Gasteiger partial charge in [-0.25, -0.2) is 0 Å². The third-order valence-corrected chi connectivity index (χ3v) is 9.15. The van der Waals surface area contributed by atoms with Crippen LogP contribution in [0.15, 0.2) is 24.3 Å². The van der Waals surface area contributed by atoms with Crippen LogP contribution >= 0.6 is 11.8 Å². The molecule has 0 aromatic heterocycles. The van der Waals surface area contributed by atoms with Crippen LogP contribution in [-0.4, -0.2) is 45.8 Å². The van der Waals surface area contributed by atoms with Gasteiger partial charge >= 0.3 is 0 Å². The van der Waals surface area contributed by atoms with E-state index in [-0.39, 0.29) is 34.1 Å². The number of aromatic hydroxyl groups is 1. The highest BCUT2D eigenvalue weighted by atomic mass is 32.2. The van der Waals surface area contributed by atoms with Crippen molar-refractivity contribution in [1.82, 2.24) is 10.6 Å². The zero-order valence-electron chi connectivity index (χ0n) is 22.0. The van der Waals surface area contributed by atoms with Crippen molar-refractivity contribution in [3.8, 4) is 17.2 Å². The monoisotopic (exact) mass is 524 g/mol. The van der Waals surface area contributed by atoms with Gasteiger partial charge in [-0.2, -0.15) is 0 Å². The number of phenolic OH excluding ortho intramolecular Hbond substituents is 1. The van der Waals surface area contributed by atoms with E-state index in [1.54, 1.807) is 0 Å². The molecular weight excluding hydrogens is 488 g/mol. The number of fused-ring (bicyclic) bond motifs is 1. The number of phenols is 1. The summed E-state index contributed by atoms with van der Waals surface area (Å²) >= 11 is 1.05. The summed E-state index contributed by atoms with van der Waals surface area (Å²) in [5.74, 6) is 1.86. The van der Waals surface area contributed by atoms with Gasteiger partial charge in [-0.05, 0) is 101 Å². The third kappa shape index (κ3) is 5.32. The molecule has 2 aromatic rings. The highest BCUT2D eigenvalue weighted by Gasteiger charge is 2.40. The molecular formula is C29H36N2O5S. The van der Waals surface area contributed by atoms with E-state index in [9.17, 15) is 14.7 Å². The van der Waals surface area contributed by atoms with Crippen molar-refractivity contribution in [3.63, 3.8) is 0 Å². The number of hydrogen-bond acceptors (Lipinski definition) is 7. The molecule has 3 N–H and O–H groups in total. The van der Waals surface area contributed by atoms with Crippen LogP contribution in [0.25, 0.3) is 0 Å². The van der Waals surface area contributed by atoms with Crippen LogP contribution in [0.3, 0.4) is 0 Å². The molecule has 3 unspecified atom stereocenters. The number of imide groups is 1. The van der Waals surface area contributed by atoms with Gasteiger partial charge in [0.1, 0.15) is 29.0 Å². The number of ether oxygens (including phenoxy) is 2. The molecule has 4 atom stereocenters. The molecule has 0 bridgehead atoms. The normalized spacial score (nSPS) is 25.9. The van der Waals surface area contributed by atoms with Crippen molar-refractivity contribution in [2.24, 2.45) is 0 Å². The molecule has 5 rings (SSSR count). The lowest BCUT2D eigenvalue weighted by Gasteiger charge is -2.41. The summed E-state index contributed by atoms with van der Waals surface area (Å²) in [7, 11) is 0. The van der Waals surface area contributed by atoms with Crippen molar-refractivity contribution in [3.05, 3.63) is 52.1 Å². The summed E-state index contributed by atoms with van der Waals surface area (Å²) in [5, 5.41) is 15.8. The van der Waals surface area contributed by atoms with E-state index in [1.165, 1.54) is 0 Å². The summed E-state index contributed by atoms with van der Waals surface area (Å²) < 4.78 is 13.3. The number of amides is 2. The number of benzene rings is 2. The first kappa shape index (κ1) is 25.9. The van der Waals surface area contributed by atoms with Gasteiger partial charge in [-0.1, -0.05) is 23.9 Å². The van der Waals surface area contributed by atoms with Crippen LogP contribution in [0.5, 0.6) is 17.2 Å². The molecule has 37 heavy (non-hydrogen) atoms. The molecule has 0 aliphatic carbocycles. The topological polar surface area (TPSA) is 96.9 Å². The maximum absolute atomic E-state index is 11.9. The lowest BCUT2D eigenvalue weighted by molar-refractivity contribution is -0.118. The zero-order chi connectivity index (χ0) is 26.3. The Morgan fingerprint density at radius 2 is 1.92 bits per heavy atom. The number of carbonyl (C=O) groups excluding carboxylic acids is 2. The first-order chi connectivity index (χ1) is 17.6. The van der Waals surface area contributed by atoms with Crippen molar-refractivity contribution in [1.29, 1.82) is 0 Å². The van der Waals surface area contributed by atoms with Crippen LogP contribution in [0.1, 0.15) is 60.4 Å². The first-order valence-electron chi connectivity index (χ1n) is 13.1. The molecule has 2 saturated heterocycles. The Bertz CT molecular complexity index is 1210. The second-order valence-electron chi connectivity index (χ2n) is 10.9. The van der Waals surface area contributed by atoms with Crippen molar-refractivity contribution < 1.29 is 24.2 Å². The largest absolute Gasteiger partial charge is 0.507 e. The number of thioether (sulfide) groups is 1. The minimum Gasteiger partial charge on any atom is -0.507 e. The van der Waals surface area contributed by atoms with Crippen molar-refractivity contribution >= 4 is 22.9 Å². The quantitative estimate of drug-likeness (QED) is 0.475. The molecule has 2 aromatic carbocycles. The van der Waals surface area contributed by atoms with E-state index in [0.717, 1.165) is 89.7 Å². The fourth-order valence-electron chi connectivity index (χ4n) is 5.78. The fraction of sp³-hybridized carbons (Fsp3) is 0.517. The molecule has 0 spiro atoms. The predicted molar refractivity (Wildman–Crippen MR) is 145 cm³/mol. The molecule has 0 saturated carbocycles. The smallest absolute Gasteiger partial charge is 0.286 e. The summed E-state index contributed by atoms with van der Waals surface area (Å²) in [6.45, 7) is 9.10. The Balaban J connectivity index is 1.31. The SMILES string of the molecule is Cc1c(C)c2c(c(C)c1O)CCC(C)(CC(Oc1ccc(CC3SC(=O)NC3=O)cc1)[C@H]1CCCN1)O2. The highest BCUT2D eigenvalue weighted by molar-refractivity contribution is 8.15. The predicted octanol–water partition coefficient (Wildman–Crippen LogP) is 4.88. The number of hydrogen-bond donors (Lipinski definition) is 3. The third-order valence-electron chi connectivity index (χ3n) is 8.17. The first-order valence-corrected chi connectivity index (χ1v) is 14.0. The lowest BCUT2D eigenvalue weighted by atomic mass is 9.83. The lowest BCUT2D eigenvalue weighted by Crippen LogP contribution is -2.47. The summed E-state index contributed by atoms with van der Waals surface area (Å²) in [4.78, 5) is 23.4. The van der Waals surface area contributed by atoms with E-state index in [2.05, 4.69) is 17.6 Å². The van der Waals surface area contributed by atoms with E-state index >= 15 is 0 Å². The minimum atomic E-state index is -0.387. The Morgan fingerprint density at radius 3 is 2.57 bits per heavy atom. The summed E-state index contributed by atoms with van der Waals surface area (Å²) in [6.07, 6.45) is 5.09. The van der Waals surface area contributed by atoms with Gasteiger partial charge in [0, 0.05) is 18.0 Å². The van der Waals surface area contributed by atoms with Crippen LogP contribution < -0.4 is 20.1 Å². The van der Waals surface area contributed by atoms with Crippen LogP contribution in [-0.2, 0) is 17.6 Å². The number of rotatable bonds is 7. The maximum Gasteiger partial charge on any atom is 0.286 e. The summed E-state index contributed by atoms with van der Waals surface area (Å²) in [5.41, 5.74) is 4.52. The second-order valence-corrected chi connectivity index (χ2v) is 12.1. The minimum absolute atomic E-state index is 0.0618. The molecule has 7 nitrogen and oxygen atoms in total. The Kier molecular flexibility index (Phi) is 7.16. The number of nitrogens with one attached hydrogen (secondary N) is 2. The standard InChI is InChI=1S/C29H36N2O5S/c1-16-17(2)26-21(18(3)25(16)32)11-12-29(4,36-26)15-23(22-6-5-13-30-22)35-20-9-7-19(8-10-20)14-24-27(33)31-28(34)37-24/h7-10,22-24,30,32H,5-6,11-15H2,1-4H3,(H,31,33,34)/t22-,23?,24?,29?/m1/s1. The average Bonchev–Trinajstić information content (AvgIpc) is 3.52. The van der Waals surface area contributed by atoms with Crippen molar-refractivity contribution in [2.45, 2.75) is 89.2 Å². The summed E-state index contributed by atoms with van der Waals surface area (Å²) in [6, 6.07) is 8.10. The molecule has 198 valence electrons. The van der Waals surface area contributed by atoms with Crippen molar-refractivity contribution in [2.75, 3.05) is 6.54 Å². The Hall–Kier alpha value is -2.71. The van der Waals surface area contributed by atoms with Gasteiger partial charge in [0.2, 0.25) is 5.91 Å². The molecule has 3 heterocycles. The molecule has 3 aliphatic rings. The Morgan fingerprint density at radius 1 is 1.16 bits per heavy atom. The van der Waals surface area contributed by atoms with Gasteiger partial charge < -0.3 is 19.9 Å². The second kappa shape index (κ2) is 10.2. The van der Waals surface area contributed by atoms with Crippen LogP contribution in [0, 0.1) is 20.8 Å². The van der Waals surface area contributed by atoms with Gasteiger partial charge in [0.05, 0.1) is 5.25 Å². The average molecular weight is 525 g/mol. The molecule has 2 amide bonds. The highest BCUT2D eigenvalue weighted by Crippen LogP contribution is 2.45. The van der Waals surface area contributed by atoms with E-state index < -0.39 is 0 Å². The van der Waals surface area contributed by atoms with Crippen LogP contribution in [0.2, 0.25) is 0 Å². The zero-order valence-corrected chi connectivity index (χ0v) is 22.8. The van der Waals surface area contributed by atoms with E-state index in [1.807, 2.05) is 45.0 Å². The molecule has 8 heteroatoms. The molecule has 2 fully saturated rings. The van der Waals surface area contributed by atoms with Gasteiger partial charge in [-0.15, -0.1) is 0 Å². The molecule has 3 aliphatic heterocycles. The molecule has 0 radical (unpaired) electrons.